The van der Waals surface area contributed by atoms with Gasteiger partial charge in [0.15, 0.2) is 0 Å². The molecule has 0 radical (unpaired) electrons. The number of aryl methyl sites for hydroxylation is 1. The molecule has 0 bridgehead atoms. The number of hydrogen-bond acceptors (Lipinski definition) is 9. The summed E-state index contributed by atoms with van der Waals surface area (Å²) in [5.74, 6) is 0.0735. The maximum atomic E-state index is 12.3. The van der Waals surface area contributed by atoms with Gasteiger partial charge in [0.1, 0.15) is 5.52 Å². The highest BCUT2D eigenvalue weighted by Crippen LogP contribution is 2.23. The minimum absolute atomic E-state index is 0.168. The van der Waals surface area contributed by atoms with Crippen LogP contribution in [0.4, 0.5) is 10.7 Å². The first-order valence-electron chi connectivity index (χ1n) is 10.5. The van der Waals surface area contributed by atoms with Crippen molar-refractivity contribution in [2.75, 3.05) is 24.5 Å². The molecule has 1 aromatic carbocycles. The van der Waals surface area contributed by atoms with E-state index in [1.807, 2.05) is 30.1 Å². The fourth-order valence-electron chi connectivity index (χ4n) is 3.99. The Kier molecular flexibility index (Phi) is 6.60. The summed E-state index contributed by atoms with van der Waals surface area (Å²) in [4.78, 5) is 35.7. The van der Waals surface area contributed by atoms with E-state index in [0.29, 0.717) is 32.1 Å². The first kappa shape index (κ1) is 22.4. The lowest BCUT2D eigenvalue weighted by atomic mass is 9.96. The third-order valence-corrected chi connectivity index (χ3v) is 5.81. The number of hydroxylamine groups is 2. The van der Waals surface area contributed by atoms with Gasteiger partial charge in [0.2, 0.25) is 5.95 Å². The smallest absolute Gasteiger partial charge is 0.341 e. The number of nitrogens with zero attached hydrogens (tertiary/aromatic N) is 7. The van der Waals surface area contributed by atoms with Crippen LogP contribution in [0.1, 0.15) is 28.8 Å². The van der Waals surface area contributed by atoms with E-state index in [2.05, 4.69) is 20.3 Å². The van der Waals surface area contributed by atoms with Crippen molar-refractivity contribution >= 4 is 28.9 Å². The number of benzene rings is 1. The Hall–Kier alpha value is -3.84. The molecule has 1 aliphatic heterocycles. The van der Waals surface area contributed by atoms with Crippen LogP contribution in [-0.2, 0) is 13.6 Å². The lowest BCUT2D eigenvalue weighted by molar-refractivity contribution is 0.0705. The van der Waals surface area contributed by atoms with Crippen molar-refractivity contribution in [1.29, 1.82) is 0 Å². The second kappa shape index (κ2) is 9.75. The molecule has 3 aromatic rings. The zero-order valence-corrected chi connectivity index (χ0v) is 18.0. The minimum atomic E-state index is -0.666. The molecule has 0 atom stereocenters. The molecule has 174 valence electrons. The third kappa shape index (κ3) is 4.99. The number of fused-ring (bicyclic) bond motifs is 1. The molecule has 0 spiro atoms. The zero-order valence-electron chi connectivity index (χ0n) is 18.0. The van der Waals surface area contributed by atoms with Crippen molar-refractivity contribution in [3.05, 3.63) is 41.7 Å². The average molecular weight is 455 g/mol. The predicted molar refractivity (Wildman–Crippen MR) is 115 cm³/mol. The molecule has 4 N–H and O–H groups in total. The fraction of sp³-hybridized carbons (Fsp3) is 0.400. The van der Waals surface area contributed by atoms with Gasteiger partial charge >= 0.3 is 6.03 Å². The van der Waals surface area contributed by atoms with Gasteiger partial charge in [-0.05, 0) is 36.5 Å². The summed E-state index contributed by atoms with van der Waals surface area (Å²) in [6.45, 7) is 2.19. The lowest BCUT2D eigenvalue weighted by Gasteiger charge is -2.34. The lowest BCUT2D eigenvalue weighted by Crippen LogP contribution is -2.44. The van der Waals surface area contributed by atoms with Crippen LogP contribution in [0.25, 0.3) is 11.0 Å². The molecule has 1 saturated heterocycles. The molecular weight excluding hydrogens is 430 g/mol. The molecule has 2 aromatic heterocycles. The average Bonchev–Trinajstić information content (AvgIpc) is 3.23. The normalized spacial score (nSPS) is 14.3. The van der Waals surface area contributed by atoms with Gasteiger partial charge in [0.05, 0.1) is 11.1 Å². The quantitative estimate of drug-likeness (QED) is 0.309. The van der Waals surface area contributed by atoms with E-state index in [4.69, 9.17) is 5.21 Å². The van der Waals surface area contributed by atoms with Crippen LogP contribution in [-0.4, -0.2) is 71.8 Å². The summed E-state index contributed by atoms with van der Waals surface area (Å²) in [6, 6.07) is 5.16. The van der Waals surface area contributed by atoms with Gasteiger partial charge in [-0.1, -0.05) is 11.3 Å². The Labute approximate surface area is 188 Å². The zero-order chi connectivity index (χ0) is 23.4. The van der Waals surface area contributed by atoms with Crippen LogP contribution in [0.2, 0.25) is 0 Å². The summed E-state index contributed by atoms with van der Waals surface area (Å²) in [5.41, 5.74) is 6.00. The molecule has 1 aliphatic rings. The van der Waals surface area contributed by atoms with Crippen LogP contribution >= 0.6 is 0 Å². The molecule has 13 nitrogen and oxygen atoms in total. The molecule has 0 saturated carbocycles. The number of anilines is 1. The highest BCUT2D eigenvalue weighted by atomic mass is 16.5. The van der Waals surface area contributed by atoms with Crippen molar-refractivity contribution < 1.29 is 20.0 Å². The number of carbonyl (C=O) groups is 2. The van der Waals surface area contributed by atoms with Crippen LogP contribution < -0.4 is 15.9 Å². The summed E-state index contributed by atoms with van der Waals surface area (Å²) < 4.78 is 1.68. The second-order valence-electron chi connectivity index (χ2n) is 7.98. The van der Waals surface area contributed by atoms with Gasteiger partial charge < -0.3 is 9.80 Å². The molecule has 4 rings (SSSR count). The standard InChI is InChI=1S/C20H25N9O4/c1-27-17-3-2-14(8-16(17)23-26-27)12-29(20(31)25-33)11-13-4-6-28(7-5-13)19-21-9-15(10-22-19)18(30)24-32/h2-3,8-10,13,32-33H,4-7,11-12H2,1H3,(H,24,30)(H,25,31). The van der Waals surface area contributed by atoms with Crippen molar-refractivity contribution in [1.82, 2.24) is 40.8 Å². The van der Waals surface area contributed by atoms with E-state index in [9.17, 15) is 14.8 Å². The third-order valence-electron chi connectivity index (χ3n) is 5.81. The first-order chi connectivity index (χ1) is 16.0. The summed E-state index contributed by atoms with van der Waals surface area (Å²) in [7, 11) is 1.82. The van der Waals surface area contributed by atoms with E-state index in [1.165, 1.54) is 12.4 Å². The number of piperidine rings is 1. The number of carbonyl (C=O) groups excluding carboxylic acids is 2. The first-order valence-corrected chi connectivity index (χ1v) is 10.5. The summed E-state index contributed by atoms with van der Waals surface area (Å²) in [5, 5.41) is 26.0. The van der Waals surface area contributed by atoms with Gasteiger partial charge in [-0.2, -0.15) is 0 Å². The molecule has 3 heterocycles. The molecule has 13 heteroatoms. The topological polar surface area (TPSA) is 162 Å². The minimum Gasteiger partial charge on any atom is -0.341 e. The maximum absolute atomic E-state index is 12.3. The van der Waals surface area contributed by atoms with Crippen molar-refractivity contribution in [2.45, 2.75) is 19.4 Å². The molecule has 0 aliphatic carbocycles. The van der Waals surface area contributed by atoms with Crippen molar-refractivity contribution in [3.63, 3.8) is 0 Å². The Balaban J connectivity index is 1.37. The van der Waals surface area contributed by atoms with E-state index < -0.39 is 11.9 Å². The SMILES string of the molecule is Cn1nnc2cc(CN(CC3CCN(c4ncc(C(=O)NO)cn4)CC3)C(=O)NO)ccc21. The van der Waals surface area contributed by atoms with Crippen molar-refractivity contribution in [3.8, 4) is 0 Å². The van der Waals surface area contributed by atoms with Gasteiger partial charge in [-0.3, -0.25) is 15.2 Å². The maximum Gasteiger partial charge on any atom is 0.341 e. The predicted octanol–water partition coefficient (Wildman–Crippen LogP) is 0.695. The molecule has 33 heavy (non-hydrogen) atoms. The van der Waals surface area contributed by atoms with Crippen molar-refractivity contribution in [2.24, 2.45) is 13.0 Å². The van der Waals surface area contributed by atoms with Gasteiger partial charge in [-0.25, -0.2) is 30.4 Å². The van der Waals surface area contributed by atoms with E-state index in [0.717, 1.165) is 29.4 Å². The molecule has 0 unspecified atom stereocenters. The summed E-state index contributed by atoms with van der Waals surface area (Å²) >= 11 is 0. The van der Waals surface area contributed by atoms with E-state index in [-0.39, 0.29) is 11.5 Å². The number of urea groups is 1. The molecule has 3 amide bonds. The van der Waals surface area contributed by atoms with Crippen LogP contribution in [0.15, 0.2) is 30.6 Å². The van der Waals surface area contributed by atoms with E-state index in [1.54, 1.807) is 20.5 Å². The highest BCUT2D eigenvalue weighted by Gasteiger charge is 2.25. The number of amides is 3. The number of aromatic nitrogens is 5. The monoisotopic (exact) mass is 455 g/mol. The Bertz CT molecular complexity index is 1130. The Morgan fingerprint density at radius 1 is 1.15 bits per heavy atom. The Morgan fingerprint density at radius 3 is 2.55 bits per heavy atom. The van der Waals surface area contributed by atoms with Crippen LogP contribution in [0.3, 0.4) is 0 Å². The fourth-order valence-corrected chi connectivity index (χ4v) is 3.99. The number of nitrogens with one attached hydrogen (secondary N) is 2. The van der Waals surface area contributed by atoms with Crippen LogP contribution in [0, 0.1) is 5.92 Å². The highest BCUT2D eigenvalue weighted by molar-refractivity contribution is 5.92. The summed E-state index contributed by atoms with van der Waals surface area (Å²) in [6.07, 6.45) is 4.34. The number of hydrogen-bond donors (Lipinski definition) is 4. The number of rotatable bonds is 6. The Morgan fingerprint density at radius 2 is 1.88 bits per heavy atom. The second-order valence-corrected chi connectivity index (χ2v) is 7.98. The van der Waals surface area contributed by atoms with Gasteiger partial charge in [0.25, 0.3) is 5.91 Å². The van der Waals surface area contributed by atoms with E-state index >= 15 is 0 Å². The largest absolute Gasteiger partial charge is 0.341 e. The molecular formula is C20H25N9O4. The molecule has 1 fully saturated rings. The van der Waals surface area contributed by atoms with Gasteiger partial charge in [0, 0.05) is 45.6 Å². The van der Waals surface area contributed by atoms with Crippen LogP contribution in [0.5, 0.6) is 0 Å². The van der Waals surface area contributed by atoms with Gasteiger partial charge in [-0.15, -0.1) is 5.10 Å².